The van der Waals surface area contributed by atoms with Crippen molar-refractivity contribution in [2.75, 3.05) is 0 Å². The highest BCUT2D eigenvalue weighted by Gasteiger charge is 2.47. The topological polar surface area (TPSA) is 34.4 Å². The summed E-state index contributed by atoms with van der Waals surface area (Å²) in [6.07, 6.45) is 0. The Labute approximate surface area is 348 Å². The van der Waals surface area contributed by atoms with Crippen molar-refractivity contribution in [1.29, 1.82) is 0 Å². The monoisotopic (exact) mass is 784 g/mol. The van der Waals surface area contributed by atoms with E-state index in [2.05, 4.69) is 168 Å². The molecule has 0 saturated carbocycles. The maximum absolute atomic E-state index is 15.9. The van der Waals surface area contributed by atoms with E-state index in [9.17, 15) is 0 Å². The van der Waals surface area contributed by atoms with Crippen LogP contribution in [0, 0.1) is 0 Å². The SMILES string of the molecule is O=P(c1ccccc1)(c1ccccc1)c1ccc2c(c1)C(c1ccccc1)(c1ccccc1)c1cc(-c3ccc4c(c3)c3ccccc3n3c5ccccc5nc43)ccc1-2. The predicted molar refractivity (Wildman–Crippen MR) is 250 cm³/mol. The molecule has 2 aromatic heterocycles. The van der Waals surface area contributed by atoms with Crippen molar-refractivity contribution in [1.82, 2.24) is 9.38 Å². The van der Waals surface area contributed by atoms with Crippen molar-refractivity contribution in [2.24, 2.45) is 0 Å². The lowest BCUT2D eigenvalue weighted by atomic mass is 9.67. The Morgan fingerprint density at radius 2 is 0.917 bits per heavy atom. The third-order valence-corrected chi connectivity index (χ3v) is 15.8. The molecule has 1 aliphatic rings. The van der Waals surface area contributed by atoms with E-state index in [4.69, 9.17) is 4.98 Å². The lowest BCUT2D eigenvalue weighted by Crippen LogP contribution is -2.31. The van der Waals surface area contributed by atoms with Gasteiger partial charge in [0.1, 0.15) is 5.65 Å². The Bertz CT molecular complexity index is 3420. The van der Waals surface area contributed by atoms with E-state index < -0.39 is 12.6 Å². The van der Waals surface area contributed by atoms with E-state index in [1.807, 2.05) is 60.7 Å². The van der Waals surface area contributed by atoms with E-state index in [-0.39, 0.29) is 0 Å². The summed E-state index contributed by atoms with van der Waals surface area (Å²) in [5.41, 5.74) is 12.8. The smallest absolute Gasteiger partial charge is 0.171 e. The molecule has 282 valence electrons. The zero-order valence-electron chi connectivity index (χ0n) is 32.6. The summed E-state index contributed by atoms with van der Waals surface area (Å²) in [6.45, 7) is 0. The average Bonchev–Trinajstić information content (AvgIpc) is 3.86. The number of aromatic nitrogens is 2. The number of rotatable bonds is 6. The molecule has 0 unspecified atom stereocenters. The Hall–Kier alpha value is -7.32. The van der Waals surface area contributed by atoms with Gasteiger partial charge in [0.05, 0.1) is 22.0 Å². The molecule has 0 spiro atoms. The van der Waals surface area contributed by atoms with Gasteiger partial charge in [-0.3, -0.25) is 4.40 Å². The number of imidazole rings is 1. The number of fused-ring (bicyclic) bond motifs is 11. The molecule has 0 radical (unpaired) electrons. The Morgan fingerprint density at radius 1 is 0.400 bits per heavy atom. The van der Waals surface area contributed by atoms with Crippen LogP contribution in [0.25, 0.3) is 60.6 Å². The first-order chi connectivity index (χ1) is 29.6. The van der Waals surface area contributed by atoms with Crippen molar-refractivity contribution in [2.45, 2.75) is 5.41 Å². The van der Waals surface area contributed by atoms with E-state index in [1.165, 1.54) is 21.9 Å². The highest BCUT2D eigenvalue weighted by atomic mass is 31.2. The van der Waals surface area contributed by atoms with Gasteiger partial charge in [0.15, 0.2) is 7.14 Å². The lowest BCUT2D eigenvalue weighted by Gasteiger charge is -2.34. The van der Waals surface area contributed by atoms with Crippen LogP contribution in [-0.4, -0.2) is 9.38 Å². The van der Waals surface area contributed by atoms with Crippen LogP contribution in [0.1, 0.15) is 22.3 Å². The van der Waals surface area contributed by atoms with Crippen molar-refractivity contribution >= 4 is 61.4 Å². The minimum Gasteiger partial charge on any atom is -0.309 e. The fourth-order valence-corrected chi connectivity index (χ4v) is 12.7. The molecule has 1 aliphatic carbocycles. The van der Waals surface area contributed by atoms with Crippen LogP contribution in [0.4, 0.5) is 0 Å². The highest BCUT2D eigenvalue weighted by molar-refractivity contribution is 7.85. The molecule has 0 N–H and O–H groups in total. The van der Waals surface area contributed by atoms with Gasteiger partial charge in [0.25, 0.3) is 0 Å². The molecular formula is C56H37N2OP. The summed E-state index contributed by atoms with van der Waals surface area (Å²) in [6, 6.07) is 79.2. The van der Waals surface area contributed by atoms with Gasteiger partial charge < -0.3 is 4.57 Å². The van der Waals surface area contributed by atoms with Crippen LogP contribution in [0.2, 0.25) is 0 Å². The van der Waals surface area contributed by atoms with E-state index in [1.54, 1.807) is 0 Å². The quantitative estimate of drug-likeness (QED) is 0.124. The van der Waals surface area contributed by atoms with Gasteiger partial charge in [-0.2, -0.15) is 0 Å². The summed E-state index contributed by atoms with van der Waals surface area (Å²) in [7, 11) is -3.28. The molecule has 0 saturated heterocycles. The first-order valence-electron chi connectivity index (χ1n) is 20.5. The molecule has 11 aromatic rings. The van der Waals surface area contributed by atoms with Crippen LogP contribution >= 0.6 is 7.14 Å². The van der Waals surface area contributed by atoms with Crippen molar-refractivity contribution in [3.8, 4) is 22.3 Å². The van der Waals surface area contributed by atoms with Crippen LogP contribution in [0.3, 0.4) is 0 Å². The number of para-hydroxylation sites is 3. The van der Waals surface area contributed by atoms with Gasteiger partial charge in [-0.25, -0.2) is 4.98 Å². The molecule has 0 atom stereocenters. The second-order valence-corrected chi connectivity index (χ2v) is 18.6. The number of pyridine rings is 1. The van der Waals surface area contributed by atoms with Crippen LogP contribution < -0.4 is 15.9 Å². The summed E-state index contributed by atoms with van der Waals surface area (Å²) in [4.78, 5) is 5.16. The van der Waals surface area contributed by atoms with Crippen molar-refractivity contribution in [3.05, 3.63) is 247 Å². The highest BCUT2D eigenvalue weighted by Crippen LogP contribution is 2.58. The van der Waals surface area contributed by atoms with Gasteiger partial charge >= 0.3 is 0 Å². The number of hydrogen-bond acceptors (Lipinski definition) is 2. The number of hydrogen-bond donors (Lipinski definition) is 0. The number of benzene rings is 9. The van der Waals surface area contributed by atoms with Gasteiger partial charge in [0, 0.05) is 26.7 Å². The summed E-state index contributed by atoms with van der Waals surface area (Å²) >= 11 is 0. The van der Waals surface area contributed by atoms with E-state index in [0.717, 1.165) is 76.9 Å². The fourth-order valence-electron chi connectivity index (χ4n) is 10.1. The maximum Gasteiger partial charge on any atom is 0.171 e. The Kier molecular flexibility index (Phi) is 7.73. The van der Waals surface area contributed by atoms with Crippen LogP contribution in [-0.2, 0) is 9.98 Å². The molecule has 9 aromatic carbocycles. The van der Waals surface area contributed by atoms with Crippen molar-refractivity contribution in [3.63, 3.8) is 0 Å². The standard InChI is InChI=1S/C56H37N2OP/c59-60(42-21-9-3-10-22-42,43-23-11-4-12-24-43)44-31-34-46-45-32-29-39(36-50(45)56(51(46)37-44,40-17-5-1-6-18-40)41-19-7-2-8-20-41)38-30-33-48-49(35-38)47-25-13-15-27-53(47)58-54-28-16-14-26-52(54)57-55(48)58/h1-37H. The van der Waals surface area contributed by atoms with Gasteiger partial charge in [-0.05, 0) is 92.4 Å². The first kappa shape index (κ1) is 34.7. The summed E-state index contributed by atoms with van der Waals surface area (Å²) in [5, 5.41) is 5.96. The average molecular weight is 785 g/mol. The second-order valence-electron chi connectivity index (χ2n) is 15.8. The largest absolute Gasteiger partial charge is 0.309 e. The minimum atomic E-state index is -3.28. The Morgan fingerprint density at radius 3 is 1.58 bits per heavy atom. The maximum atomic E-state index is 15.9. The number of nitrogens with zero attached hydrogens (tertiary/aromatic N) is 2. The molecule has 12 rings (SSSR count). The minimum absolute atomic E-state index is 0.691. The molecular weight excluding hydrogens is 748 g/mol. The Balaban J connectivity index is 1.12. The van der Waals surface area contributed by atoms with Crippen LogP contribution in [0.5, 0.6) is 0 Å². The van der Waals surface area contributed by atoms with E-state index in [0.29, 0.717) is 0 Å². The molecule has 0 amide bonds. The normalized spacial score (nSPS) is 13.2. The molecule has 3 nitrogen and oxygen atoms in total. The third-order valence-electron chi connectivity index (χ3n) is 12.7. The molecule has 0 fully saturated rings. The molecule has 2 heterocycles. The molecule has 0 bridgehead atoms. The summed E-state index contributed by atoms with van der Waals surface area (Å²) < 4.78 is 18.2. The fraction of sp³-hybridized carbons (Fsp3) is 0.0179. The summed E-state index contributed by atoms with van der Waals surface area (Å²) in [5.74, 6) is 0. The molecule has 0 aliphatic heterocycles. The lowest BCUT2D eigenvalue weighted by molar-refractivity contribution is 0.592. The first-order valence-corrected chi connectivity index (χ1v) is 22.2. The molecule has 4 heteroatoms. The van der Waals surface area contributed by atoms with Crippen molar-refractivity contribution < 1.29 is 4.57 Å². The van der Waals surface area contributed by atoms with Gasteiger partial charge in [-0.1, -0.05) is 182 Å². The zero-order valence-corrected chi connectivity index (χ0v) is 33.5. The van der Waals surface area contributed by atoms with Gasteiger partial charge in [0.2, 0.25) is 0 Å². The van der Waals surface area contributed by atoms with E-state index >= 15 is 4.57 Å². The molecule has 60 heavy (non-hydrogen) atoms. The van der Waals surface area contributed by atoms with Crippen LogP contribution in [0.15, 0.2) is 224 Å². The second kappa shape index (κ2) is 13.4. The third kappa shape index (κ3) is 4.91. The zero-order chi connectivity index (χ0) is 39.8. The predicted octanol–water partition coefficient (Wildman–Crippen LogP) is 12.5. The van der Waals surface area contributed by atoms with Gasteiger partial charge in [-0.15, -0.1) is 0 Å².